The number of rotatable bonds is 4. The van der Waals surface area contributed by atoms with E-state index < -0.39 is 18.9 Å². The second kappa shape index (κ2) is 8.02. The monoisotopic (exact) mass is 438 g/mol. The summed E-state index contributed by atoms with van der Waals surface area (Å²) in [4.78, 5) is 21.2. The highest BCUT2D eigenvalue weighted by Crippen LogP contribution is 2.32. The molecule has 0 fully saturated rings. The Morgan fingerprint density at radius 1 is 1.26 bits per heavy atom. The van der Waals surface area contributed by atoms with Gasteiger partial charge in [-0.2, -0.15) is 0 Å². The predicted octanol–water partition coefficient (Wildman–Crippen LogP) is 4.23. The zero-order chi connectivity index (χ0) is 24.8. The van der Waals surface area contributed by atoms with Crippen LogP contribution in [0.1, 0.15) is 32.9 Å². The number of hydrogen-bond acceptors (Lipinski definition) is 5. The Morgan fingerprint density at radius 3 is 2.77 bits per heavy atom. The molecule has 0 aliphatic rings. The third-order valence-corrected chi connectivity index (χ3v) is 5.16. The summed E-state index contributed by atoms with van der Waals surface area (Å²) >= 11 is 5.94. The van der Waals surface area contributed by atoms with Gasteiger partial charge in [-0.3, -0.25) is 9.20 Å². The number of aliphatic hydroxyl groups is 1. The van der Waals surface area contributed by atoms with Crippen LogP contribution in [0.2, 0.25) is 5.02 Å². The first kappa shape index (κ1) is 17.3. The molecule has 4 N–H and O–H groups in total. The standard InChI is InChI=1S/C23H22ClN5O2/c1-12-9-17(28-23(31)21(30)15-5-4-6-16(24)10-15)7-8-18(12)19-20-22(25)26-13(2)11-29(20)14(3)27-19/h4-11,21,30H,1-3H3,(H2,25,26)(H,28,31)/i3D3. The summed E-state index contributed by atoms with van der Waals surface area (Å²) in [6, 6.07) is 11.5. The van der Waals surface area contributed by atoms with E-state index in [0.717, 1.165) is 0 Å². The van der Waals surface area contributed by atoms with Crippen LogP contribution in [0.3, 0.4) is 0 Å². The summed E-state index contributed by atoms with van der Waals surface area (Å²) in [5.41, 5.74) is 9.66. The first-order valence-corrected chi connectivity index (χ1v) is 9.84. The molecule has 1 atom stereocenters. The first-order chi connectivity index (χ1) is 16.0. The summed E-state index contributed by atoms with van der Waals surface area (Å²) in [5.74, 6) is -0.564. The number of carbonyl (C=O) groups is 1. The Bertz CT molecular complexity index is 1420. The maximum absolute atomic E-state index is 12.5. The van der Waals surface area contributed by atoms with Crippen molar-refractivity contribution in [1.29, 1.82) is 0 Å². The van der Waals surface area contributed by atoms with Crippen molar-refractivity contribution in [1.82, 2.24) is 14.4 Å². The summed E-state index contributed by atoms with van der Waals surface area (Å²) in [7, 11) is 0. The Morgan fingerprint density at radius 2 is 2.06 bits per heavy atom. The second-order valence-corrected chi connectivity index (χ2v) is 7.68. The average Bonchev–Trinajstić information content (AvgIpc) is 3.13. The number of imidazole rings is 1. The minimum atomic E-state index is -2.46. The quantitative estimate of drug-likeness (QED) is 0.442. The molecule has 1 unspecified atom stereocenters. The highest BCUT2D eigenvalue weighted by Gasteiger charge is 2.19. The van der Waals surface area contributed by atoms with Crippen LogP contribution in [-0.2, 0) is 4.79 Å². The van der Waals surface area contributed by atoms with Crippen molar-refractivity contribution in [2.45, 2.75) is 26.8 Å². The molecule has 1 amide bonds. The van der Waals surface area contributed by atoms with Gasteiger partial charge in [0.25, 0.3) is 5.91 Å². The van der Waals surface area contributed by atoms with Crippen molar-refractivity contribution in [3.63, 3.8) is 0 Å². The van der Waals surface area contributed by atoms with Gasteiger partial charge in [-0.25, -0.2) is 9.97 Å². The molecule has 0 radical (unpaired) electrons. The van der Waals surface area contributed by atoms with Crippen molar-refractivity contribution >= 4 is 34.5 Å². The van der Waals surface area contributed by atoms with E-state index in [1.54, 1.807) is 56.4 Å². The molecule has 2 heterocycles. The number of aliphatic hydroxyl groups excluding tert-OH is 1. The van der Waals surface area contributed by atoms with Gasteiger partial charge < -0.3 is 16.2 Å². The fraction of sp³-hybridized carbons (Fsp3) is 0.174. The lowest BCUT2D eigenvalue weighted by Crippen LogP contribution is -2.20. The van der Waals surface area contributed by atoms with Crippen molar-refractivity contribution < 1.29 is 14.0 Å². The Labute approximate surface area is 188 Å². The molecular formula is C23H22ClN5O2. The fourth-order valence-corrected chi connectivity index (χ4v) is 3.69. The third kappa shape index (κ3) is 3.97. The summed E-state index contributed by atoms with van der Waals surface area (Å²) < 4.78 is 25.1. The van der Waals surface area contributed by atoms with E-state index in [-0.39, 0.29) is 11.6 Å². The number of aryl methyl sites for hydroxylation is 3. The van der Waals surface area contributed by atoms with Gasteiger partial charge in [-0.05, 0) is 56.1 Å². The predicted molar refractivity (Wildman–Crippen MR) is 122 cm³/mol. The second-order valence-electron chi connectivity index (χ2n) is 7.25. The van der Waals surface area contributed by atoms with Gasteiger partial charge in [-0.15, -0.1) is 0 Å². The van der Waals surface area contributed by atoms with Crippen LogP contribution in [0.25, 0.3) is 16.8 Å². The number of nitrogens with two attached hydrogens (primary N) is 1. The van der Waals surface area contributed by atoms with Crippen LogP contribution >= 0.6 is 11.6 Å². The van der Waals surface area contributed by atoms with E-state index in [4.69, 9.17) is 21.4 Å². The maximum atomic E-state index is 12.5. The number of carbonyl (C=O) groups excluding carboxylic acids is 1. The molecular weight excluding hydrogens is 414 g/mol. The minimum Gasteiger partial charge on any atom is -0.382 e. The molecule has 0 saturated carbocycles. The summed E-state index contributed by atoms with van der Waals surface area (Å²) in [6.07, 6.45) is 0.192. The zero-order valence-corrected chi connectivity index (χ0v) is 17.6. The minimum absolute atomic E-state index is 0.115. The lowest BCUT2D eigenvalue weighted by molar-refractivity contribution is -0.124. The molecule has 0 aliphatic heterocycles. The van der Waals surface area contributed by atoms with Crippen molar-refractivity contribution in [3.8, 4) is 11.3 Å². The van der Waals surface area contributed by atoms with E-state index in [2.05, 4.69) is 15.3 Å². The van der Waals surface area contributed by atoms with E-state index in [1.165, 1.54) is 10.5 Å². The largest absolute Gasteiger partial charge is 0.382 e. The lowest BCUT2D eigenvalue weighted by Gasteiger charge is -2.13. The van der Waals surface area contributed by atoms with Gasteiger partial charge in [-0.1, -0.05) is 29.8 Å². The molecule has 8 heteroatoms. The van der Waals surface area contributed by atoms with Crippen molar-refractivity contribution in [2.75, 3.05) is 11.1 Å². The number of nitrogens with one attached hydrogen (secondary N) is 1. The number of nitrogens with zero attached hydrogens (tertiary/aromatic N) is 3. The van der Waals surface area contributed by atoms with Crippen LogP contribution in [0.4, 0.5) is 11.5 Å². The van der Waals surface area contributed by atoms with E-state index in [9.17, 15) is 9.90 Å². The topological polar surface area (TPSA) is 106 Å². The van der Waals surface area contributed by atoms with Gasteiger partial charge in [0, 0.05) is 26.6 Å². The first-order valence-electron chi connectivity index (χ1n) is 11.0. The highest BCUT2D eigenvalue weighted by atomic mass is 35.5. The Kier molecular flexibility index (Phi) is 4.47. The molecule has 0 bridgehead atoms. The van der Waals surface area contributed by atoms with Crippen LogP contribution in [0, 0.1) is 20.7 Å². The number of amides is 1. The van der Waals surface area contributed by atoms with Crippen LogP contribution in [0.15, 0.2) is 48.7 Å². The zero-order valence-electron chi connectivity index (χ0n) is 19.8. The van der Waals surface area contributed by atoms with E-state index >= 15 is 0 Å². The highest BCUT2D eigenvalue weighted by molar-refractivity contribution is 6.30. The molecule has 2 aromatic heterocycles. The maximum Gasteiger partial charge on any atom is 0.257 e. The van der Waals surface area contributed by atoms with Gasteiger partial charge in [0.2, 0.25) is 0 Å². The van der Waals surface area contributed by atoms with Gasteiger partial charge >= 0.3 is 0 Å². The number of fused-ring (bicyclic) bond motifs is 1. The van der Waals surface area contributed by atoms with Gasteiger partial charge in [0.15, 0.2) is 6.10 Å². The number of nitrogen functional groups attached to an aromatic ring is 1. The number of anilines is 2. The molecule has 4 aromatic rings. The van der Waals surface area contributed by atoms with E-state index in [0.29, 0.717) is 44.3 Å². The van der Waals surface area contributed by atoms with Gasteiger partial charge in [0.1, 0.15) is 22.9 Å². The summed E-state index contributed by atoms with van der Waals surface area (Å²) in [6.45, 7) is 1.06. The van der Waals surface area contributed by atoms with Gasteiger partial charge in [0.05, 0.1) is 5.69 Å². The fourth-order valence-electron chi connectivity index (χ4n) is 3.50. The number of hydrogen-bond donors (Lipinski definition) is 3. The van der Waals surface area contributed by atoms with Crippen LogP contribution in [0.5, 0.6) is 0 Å². The Balaban J connectivity index is 1.70. The van der Waals surface area contributed by atoms with Crippen LogP contribution in [-0.4, -0.2) is 25.4 Å². The molecule has 7 nitrogen and oxygen atoms in total. The van der Waals surface area contributed by atoms with E-state index in [1.807, 2.05) is 0 Å². The molecule has 0 spiro atoms. The number of halogens is 1. The number of benzene rings is 2. The summed E-state index contributed by atoms with van der Waals surface area (Å²) in [5, 5.41) is 13.5. The number of aromatic nitrogens is 3. The molecule has 2 aromatic carbocycles. The normalized spacial score (nSPS) is 14.0. The smallest absolute Gasteiger partial charge is 0.257 e. The average molecular weight is 439 g/mol. The third-order valence-electron chi connectivity index (χ3n) is 4.93. The molecule has 31 heavy (non-hydrogen) atoms. The molecule has 0 saturated heterocycles. The lowest BCUT2D eigenvalue weighted by atomic mass is 10.0. The Hall–Kier alpha value is -3.42. The van der Waals surface area contributed by atoms with Crippen LogP contribution < -0.4 is 11.1 Å². The molecule has 158 valence electrons. The van der Waals surface area contributed by atoms with Crippen molar-refractivity contribution in [2.24, 2.45) is 0 Å². The molecule has 4 rings (SSSR count). The SMILES string of the molecule is [2H]C([2H])([2H])c1nc(-c2ccc(NC(=O)C(O)c3cccc(Cl)c3)cc2C)c2c(N)nc(C)cn12. The molecule has 0 aliphatic carbocycles. The van der Waals surface area contributed by atoms with Crippen molar-refractivity contribution in [3.05, 3.63) is 76.3 Å².